The number of rotatable bonds is 4. The maximum absolute atomic E-state index is 9.52. The number of aliphatic hydroxyl groups is 2. The molecule has 0 bridgehead atoms. The monoisotopic (exact) mass is 239 g/mol. The molecule has 17 heavy (non-hydrogen) atoms. The predicted octanol–water partition coefficient (Wildman–Crippen LogP) is 1.36. The SMILES string of the molecule is CC(O)C1CCN(Cc2ccc(CO)o2)CC1. The molecule has 2 N–H and O–H groups in total. The number of furan rings is 1. The second kappa shape index (κ2) is 5.67. The van der Waals surface area contributed by atoms with Crippen molar-refractivity contribution >= 4 is 0 Å². The fraction of sp³-hybridized carbons (Fsp3) is 0.692. The van der Waals surface area contributed by atoms with Crippen LogP contribution >= 0.6 is 0 Å². The third-order valence-electron chi connectivity index (χ3n) is 3.57. The summed E-state index contributed by atoms with van der Waals surface area (Å²) in [6.07, 6.45) is 1.90. The van der Waals surface area contributed by atoms with Gasteiger partial charge in [0.25, 0.3) is 0 Å². The summed E-state index contributed by atoms with van der Waals surface area (Å²) in [5, 5.41) is 18.4. The Morgan fingerprint density at radius 1 is 1.35 bits per heavy atom. The van der Waals surface area contributed by atoms with Crippen LogP contribution in [-0.2, 0) is 13.2 Å². The highest BCUT2D eigenvalue weighted by Gasteiger charge is 2.22. The summed E-state index contributed by atoms with van der Waals surface area (Å²) in [6, 6.07) is 3.74. The van der Waals surface area contributed by atoms with Crippen LogP contribution in [0.5, 0.6) is 0 Å². The van der Waals surface area contributed by atoms with E-state index in [0.29, 0.717) is 11.7 Å². The zero-order chi connectivity index (χ0) is 12.3. The van der Waals surface area contributed by atoms with Crippen LogP contribution in [0.4, 0.5) is 0 Å². The zero-order valence-corrected chi connectivity index (χ0v) is 10.3. The maximum Gasteiger partial charge on any atom is 0.129 e. The molecule has 0 radical (unpaired) electrons. The van der Waals surface area contributed by atoms with Gasteiger partial charge in [-0.1, -0.05) is 0 Å². The Labute approximate surface area is 102 Å². The molecule has 1 aliphatic heterocycles. The lowest BCUT2D eigenvalue weighted by Crippen LogP contribution is -2.36. The van der Waals surface area contributed by atoms with Crippen LogP contribution in [0.25, 0.3) is 0 Å². The number of aliphatic hydroxyl groups excluding tert-OH is 2. The normalized spacial score (nSPS) is 20.6. The molecule has 96 valence electrons. The van der Waals surface area contributed by atoms with Gasteiger partial charge in [-0.05, 0) is 50.9 Å². The summed E-state index contributed by atoms with van der Waals surface area (Å²) in [5.41, 5.74) is 0. The average molecular weight is 239 g/mol. The second-order valence-electron chi connectivity index (χ2n) is 4.88. The molecule has 1 saturated heterocycles. The zero-order valence-electron chi connectivity index (χ0n) is 10.3. The molecule has 1 aromatic rings. The Morgan fingerprint density at radius 3 is 2.53 bits per heavy atom. The van der Waals surface area contributed by atoms with Crippen molar-refractivity contribution in [1.82, 2.24) is 4.90 Å². The first-order valence-electron chi connectivity index (χ1n) is 6.28. The minimum absolute atomic E-state index is 0.0376. The largest absolute Gasteiger partial charge is 0.462 e. The maximum atomic E-state index is 9.52. The van der Waals surface area contributed by atoms with Crippen LogP contribution in [-0.4, -0.2) is 34.3 Å². The molecule has 1 aliphatic rings. The summed E-state index contributed by atoms with van der Waals surface area (Å²) >= 11 is 0. The van der Waals surface area contributed by atoms with E-state index in [9.17, 15) is 5.11 Å². The highest BCUT2D eigenvalue weighted by Crippen LogP contribution is 2.22. The van der Waals surface area contributed by atoms with Crippen LogP contribution in [0.1, 0.15) is 31.3 Å². The molecule has 1 unspecified atom stereocenters. The fourth-order valence-corrected chi connectivity index (χ4v) is 2.41. The van der Waals surface area contributed by atoms with Crippen molar-refractivity contribution in [2.75, 3.05) is 13.1 Å². The summed E-state index contributed by atoms with van der Waals surface area (Å²) in [4.78, 5) is 2.33. The van der Waals surface area contributed by atoms with E-state index in [1.807, 2.05) is 19.1 Å². The number of likely N-dealkylation sites (tertiary alicyclic amines) is 1. The predicted molar refractivity (Wildman–Crippen MR) is 64.3 cm³/mol. The minimum atomic E-state index is -0.193. The Balaban J connectivity index is 1.81. The quantitative estimate of drug-likeness (QED) is 0.833. The van der Waals surface area contributed by atoms with Gasteiger partial charge in [-0.3, -0.25) is 4.90 Å². The number of hydrogen-bond donors (Lipinski definition) is 2. The lowest BCUT2D eigenvalue weighted by atomic mass is 9.92. The molecule has 1 aromatic heterocycles. The van der Waals surface area contributed by atoms with Crippen molar-refractivity contribution in [3.05, 3.63) is 23.7 Å². The van der Waals surface area contributed by atoms with Gasteiger partial charge in [-0.2, -0.15) is 0 Å². The summed E-state index contributed by atoms with van der Waals surface area (Å²) in [7, 11) is 0. The lowest BCUT2D eigenvalue weighted by molar-refractivity contribution is 0.0670. The summed E-state index contributed by atoms with van der Waals surface area (Å²) < 4.78 is 5.47. The van der Waals surface area contributed by atoms with E-state index in [2.05, 4.69) is 4.90 Å². The first-order valence-corrected chi connectivity index (χ1v) is 6.28. The van der Waals surface area contributed by atoms with E-state index in [0.717, 1.165) is 38.2 Å². The van der Waals surface area contributed by atoms with E-state index in [-0.39, 0.29) is 12.7 Å². The van der Waals surface area contributed by atoms with Crippen molar-refractivity contribution in [2.24, 2.45) is 5.92 Å². The number of piperidine rings is 1. The number of nitrogens with zero attached hydrogens (tertiary/aromatic N) is 1. The summed E-state index contributed by atoms with van der Waals surface area (Å²) in [5.74, 6) is 1.97. The first-order chi connectivity index (χ1) is 8.19. The van der Waals surface area contributed by atoms with E-state index < -0.39 is 0 Å². The van der Waals surface area contributed by atoms with E-state index >= 15 is 0 Å². The van der Waals surface area contributed by atoms with Gasteiger partial charge < -0.3 is 14.6 Å². The van der Waals surface area contributed by atoms with Gasteiger partial charge >= 0.3 is 0 Å². The van der Waals surface area contributed by atoms with Crippen LogP contribution in [0, 0.1) is 5.92 Å². The summed E-state index contributed by atoms with van der Waals surface area (Å²) in [6.45, 7) is 4.65. The Hall–Kier alpha value is -0.840. The highest BCUT2D eigenvalue weighted by molar-refractivity contribution is 5.06. The van der Waals surface area contributed by atoms with Gasteiger partial charge in [-0.15, -0.1) is 0 Å². The van der Waals surface area contributed by atoms with Crippen molar-refractivity contribution in [1.29, 1.82) is 0 Å². The van der Waals surface area contributed by atoms with E-state index in [1.54, 1.807) is 0 Å². The van der Waals surface area contributed by atoms with E-state index in [1.165, 1.54) is 0 Å². The van der Waals surface area contributed by atoms with Gasteiger partial charge in [0, 0.05) is 0 Å². The Bertz CT molecular complexity index is 340. The molecule has 4 nitrogen and oxygen atoms in total. The number of hydrogen-bond acceptors (Lipinski definition) is 4. The van der Waals surface area contributed by atoms with Crippen LogP contribution < -0.4 is 0 Å². The molecular weight excluding hydrogens is 218 g/mol. The molecular formula is C13H21NO3. The molecule has 0 amide bonds. The second-order valence-corrected chi connectivity index (χ2v) is 4.88. The highest BCUT2D eigenvalue weighted by atomic mass is 16.4. The third kappa shape index (κ3) is 3.31. The third-order valence-corrected chi connectivity index (χ3v) is 3.57. The van der Waals surface area contributed by atoms with Gasteiger partial charge in [0.15, 0.2) is 0 Å². The molecule has 0 saturated carbocycles. The Morgan fingerprint density at radius 2 is 2.00 bits per heavy atom. The molecule has 0 spiro atoms. The molecule has 2 heterocycles. The van der Waals surface area contributed by atoms with Crippen molar-refractivity contribution in [3.8, 4) is 0 Å². The van der Waals surface area contributed by atoms with Crippen LogP contribution in [0.15, 0.2) is 16.5 Å². The average Bonchev–Trinajstić information content (AvgIpc) is 2.77. The molecule has 1 atom stereocenters. The van der Waals surface area contributed by atoms with Gasteiger partial charge in [0.05, 0.1) is 12.6 Å². The standard InChI is InChI=1S/C13H21NO3/c1-10(16)11-4-6-14(7-5-11)8-12-2-3-13(9-15)17-12/h2-3,10-11,15-16H,4-9H2,1H3. The van der Waals surface area contributed by atoms with Crippen LogP contribution in [0.3, 0.4) is 0 Å². The van der Waals surface area contributed by atoms with Crippen molar-refractivity contribution in [2.45, 2.75) is 39.0 Å². The van der Waals surface area contributed by atoms with Crippen molar-refractivity contribution < 1.29 is 14.6 Å². The topological polar surface area (TPSA) is 56.8 Å². The van der Waals surface area contributed by atoms with E-state index in [4.69, 9.17) is 9.52 Å². The minimum Gasteiger partial charge on any atom is -0.462 e. The lowest BCUT2D eigenvalue weighted by Gasteiger charge is -2.32. The van der Waals surface area contributed by atoms with Gasteiger partial charge in [0.1, 0.15) is 18.1 Å². The molecule has 1 fully saturated rings. The molecule has 0 aliphatic carbocycles. The molecule has 4 heteroatoms. The molecule has 2 rings (SSSR count). The smallest absolute Gasteiger partial charge is 0.129 e. The fourth-order valence-electron chi connectivity index (χ4n) is 2.41. The van der Waals surface area contributed by atoms with Crippen LogP contribution in [0.2, 0.25) is 0 Å². The van der Waals surface area contributed by atoms with Gasteiger partial charge in [-0.25, -0.2) is 0 Å². The first kappa shape index (κ1) is 12.6. The Kier molecular flexibility index (Phi) is 4.20. The van der Waals surface area contributed by atoms with Crippen molar-refractivity contribution in [3.63, 3.8) is 0 Å². The van der Waals surface area contributed by atoms with Gasteiger partial charge in [0.2, 0.25) is 0 Å². The molecule has 0 aromatic carbocycles.